The first-order valence-corrected chi connectivity index (χ1v) is 7.74. The largest absolute Gasteiger partial charge is 0.506 e. The summed E-state index contributed by atoms with van der Waals surface area (Å²) >= 11 is 7.25. The summed E-state index contributed by atoms with van der Waals surface area (Å²) in [6.45, 7) is 1.79. The van der Waals surface area contributed by atoms with Crippen LogP contribution in [-0.4, -0.2) is 21.7 Å². The fourth-order valence-corrected chi connectivity index (χ4v) is 3.65. The standard InChI is InChI=1S/C15H12ClNO3S/c1-7-8(5-6-11-13(7)17-15(16)21-11)14(20)12-9(18)3-2-4-10(12)19/h5-6,20H,2-4H2,1H3. The lowest BCUT2D eigenvalue weighted by Crippen LogP contribution is -2.20. The van der Waals surface area contributed by atoms with Crippen LogP contribution in [0.2, 0.25) is 4.47 Å². The molecule has 0 atom stereocenters. The van der Waals surface area contributed by atoms with Crippen LogP contribution in [0.15, 0.2) is 17.7 Å². The Bertz CT molecular complexity index is 789. The van der Waals surface area contributed by atoms with Gasteiger partial charge in [-0.25, -0.2) is 4.98 Å². The zero-order valence-corrected chi connectivity index (χ0v) is 12.8. The van der Waals surface area contributed by atoms with Crippen LogP contribution in [0.3, 0.4) is 0 Å². The Morgan fingerprint density at radius 2 is 1.95 bits per heavy atom. The molecule has 1 aliphatic carbocycles. The number of nitrogens with zero attached hydrogens (tertiary/aromatic N) is 1. The van der Waals surface area contributed by atoms with Gasteiger partial charge in [0.2, 0.25) is 0 Å². The maximum absolute atomic E-state index is 11.9. The van der Waals surface area contributed by atoms with Crippen LogP contribution in [0.4, 0.5) is 0 Å². The van der Waals surface area contributed by atoms with Crippen LogP contribution >= 0.6 is 22.9 Å². The number of Topliss-reactive ketones (excluding diaryl/α,β-unsaturated/α-hetero) is 2. The smallest absolute Gasteiger partial charge is 0.184 e. The lowest BCUT2D eigenvalue weighted by Gasteiger charge is -2.15. The van der Waals surface area contributed by atoms with Crippen molar-refractivity contribution in [1.29, 1.82) is 0 Å². The minimum absolute atomic E-state index is 0.0787. The molecule has 0 bridgehead atoms. The van der Waals surface area contributed by atoms with Crippen molar-refractivity contribution in [2.24, 2.45) is 0 Å². The summed E-state index contributed by atoms with van der Waals surface area (Å²) in [5, 5.41) is 10.4. The highest BCUT2D eigenvalue weighted by atomic mass is 35.5. The van der Waals surface area contributed by atoms with Gasteiger partial charge in [-0.2, -0.15) is 0 Å². The number of aryl methyl sites for hydroxylation is 1. The summed E-state index contributed by atoms with van der Waals surface area (Å²) < 4.78 is 1.32. The van der Waals surface area contributed by atoms with Crippen molar-refractivity contribution < 1.29 is 14.7 Å². The van der Waals surface area contributed by atoms with Gasteiger partial charge < -0.3 is 5.11 Å². The Labute approximate surface area is 130 Å². The van der Waals surface area contributed by atoms with Gasteiger partial charge in [-0.3, -0.25) is 9.59 Å². The molecule has 108 valence electrons. The highest BCUT2D eigenvalue weighted by molar-refractivity contribution is 7.22. The van der Waals surface area contributed by atoms with Gasteiger partial charge in [0, 0.05) is 18.4 Å². The summed E-state index contributed by atoms with van der Waals surface area (Å²) in [4.78, 5) is 28.1. The van der Waals surface area contributed by atoms with Crippen molar-refractivity contribution in [3.05, 3.63) is 33.3 Å². The molecule has 2 aromatic rings. The lowest BCUT2D eigenvalue weighted by atomic mass is 9.89. The van der Waals surface area contributed by atoms with E-state index in [9.17, 15) is 14.7 Å². The van der Waals surface area contributed by atoms with E-state index in [0.717, 1.165) is 4.70 Å². The number of fused-ring (bicyclic) bond motifs is 1. The molecular formula is C15H12ClNO3S. The molecule has 0 amide bonds. The second-order valence-corrected chi connectivity index (χ2v) is 6.59. The molecule has 0 aliphatic heterocycles. The van der Waals surface area contributed by atoms with Gasteiger partial charge in [-0.05, 0) is 31.0 Å². The molecule has 0 saturated heterocycles. The third kappa shape index (κ3) is 2.36. The molecule has 21 heavy (non-hydrogen) atoms. The summed E-state index contributed by atoms with van der Waals surface area (Å²) in [5.41, 5.74) is 1.78. The van der Waals surface area contributed by atoms with Gasteiger partial charge in [-0.15, -0.1) is 11.3 Å². The first-order valence-electron chi connectivity index (χ1n) is 6.54. The Morgan fingerprint density at radius 3 is 2.62 bits per heavy atom. The summed E-state index contributed by atoms with van der Waals surface area (Å²) in [7, 11) is 0. The molecule has 3 rings (SSSR count). The predicted octanol–water partition coefficient (Wildman–Crippen LogP) is 3.85. The van der Waals surface area contributed by atoms with E-state index < -0.39 is 0 Å². The van der Waals surface area contributed by atoms with E-state index >= 15 is 0 Å². The van der Waals surface area contributed by atoms with Gasteiger partial charge in [0.1, 0.15) is 11.3 Å². The van der Waals surface area contributed by atoms with Crippen LogP contribution in [0, 0.1) is 6.92 Å². The van der Waals surface area contributed by atoms with E-state index in [2.05, 4.69) is 4.98 Å². The van der Waals surface area contributed by atoms with Crippen LogP contribution in [0.1, 0.15) is 30.4 Å². The van der Waals surface area contributed by atoms with Crippen molar-refractivity contribution in [1.82, 2.24) is 4.98 Å². The number of hydrogen-bond acceptors (Lipinski definition) is 5. The number of aromatic nitrogens is 1. The van der Waals surface area contributed by atoms with Crippen LogP contribution < -0.4 is 0 Å². The van der Waals surface area contributed by atoms with E-state index in [-0.39, 0.29) is 22.9 Å². The number of allylic oxidation sites excluding steroid dienone is 1. The van der Waals surface area contributed by atoms with Crippen LogP contribution in [0.5, 0.6) is 0 Å². The minimum atomic E-state index is -0.292. The van der Waals surface area contributed by atoms with Crippen molar-refractivity contribution >= 4 is 50.5 Å². The third-order valence-electron chi connectivity index (χ3n) is 3.65. The zero-order valence-electron chi connectivity index (χ0n) is 11.3. The number of benzene rings is 1. The quantitative estimate of drug-likeness (QED) is 0.492. The van der Waals surface area contributed by atoms with E-state index in [1.165, 1.54) is 11.3 Å². The zero-order chi connectivity index (χ0) is 15.1. The Balaban J connectivity index is 2.21. The maximum atomic E-state index is 11.9. The number of rotatable bonds is 1. The fraction of sp³-hybridized carbons (Fsp3) is 0.267. The molecule has 1 heterocycles. The molecule has 1 aromatic heterocycles. The van der Waals surface area contributed by atoms with E-state index in [4.69, 9.17) is 11.6 Å². The molecule has 1 fully saturated rings. The number of aliphatic hydroxyl groups excluding tert-OH is 1. The van der Waals surface area contributed by atoms with E-state index in [0.29, 0.717) is 40.4 Å². The second kappa shape index (κ2) is 5.24. The molecule has 0 spiro atoms. The number of thiazole rings is 1. The Hall–Kier alpha value is -1.72. The number of halogens is 1. The van der Waals surface area contributed by atoms with Crippen molar-refractivity contribution in [3.8, 4) is 0 Å². The summed E-state index contributed by atoms with van der Waals surface area (Å²) in [6, 6.07) is 3.49. The summed E-state index contributed by atoms with van der Waals surface area (Å²) in [5.74, 6) is -0.827. The fourth-order valence-electron chi connectivity index (χ4n) is 2.57. The molecule has 1 aromatic carbocycles. The van der Waals surface area contributed by atoms with Crippen LogP contribution in [0.25, 0.3) is 16.0 Å². The average Bonchev–Trinajstić information content (AvgIpc) is 2.80. The predicted molar refractivity (Wildman–Crippen MR) is 82.8 cm³/mol. The average molecular weight is 322 g/mol. The van der Waals surface area contributed by atoms with Gasteiger partial charge >= 0.3 is 0 Å². The van der Waals surface area contributed by atoms with Gasteiger partial charge in [0.15, 0.2) is 16.0 Å². The summed E-state index contributed by atoms with van der Waals surface area (Å²) in [6.07, 6.45) is 1.15. The number of carbonyl (C=O) groups is 2. The SMILES string of the molecule is Cc1c(C(O)=C2C(=O)CCCC2=O)ccc2sc(Cl)nc12. The number of carbonyl (C=O) groups excluding carboxylic acids is 2. The molecule has 4 nitrogen and oxygen atoms in total. The lowest BCUT2D eigenvalue weighted by molar-refractivity contribution is -0.123. The topological polar surface area (TPSA) is 67.3 Å². The number of ketones is 2. The molecule has 0 radical (unpaired) electrons. The van der Waals surface area contributed by atoms with Crippen LogP contribution in [-0.2, 0) is 9.59 Å². The molecule has 0 unspecified atom stereocenters. The molecule has 1 N–H and O–H groups in total. The Morgan fingerprint density at radius 1 is 1.29 bits per heavy atom. The van der Waals surface area contributed by atoms with Crippen molar-refractivity contribution in [3.63, 3.8) is 0 Å². The second-order valence-electron chi connectivity index (χ2n) is 4.98. The van der Waals surface area contributed by atoms with Gasteiger partial charge in [0.25, 0.3) is 0 Å². The van der Waals surface area contributed by atoms with Crippen molar-refractivity contribution in [2.75, 3.05) is 0 Å². The molecule has 6 heteroatoms. The molecule has 1 saturated carbocycles. The first-order chi connectivity index (χ1) is 9.99. The maximum Gasteiger partial charge on any atom is 0.184 e. The highest BCUT2D eigenvalue weighted by Crippen LogP contribution is 2.33. The Kier molecular flexibility index (Phi) is 3.55. The minimum Gasteiger partial charge on any atom is -0.506 e. The number of aliphatic hydroxyl groups is 1. The molecule has 1 aliphatic rings. The van der Waals surface area contributed by atoms with Gasteiger partial charge in [-0.1, -0.05) is 11.6 Å². The molecular weight excluding hydrogens is 310 g/mol. The van der Waals surface area contributed by atoms with Crippen molar-refractivity contribution in [2.45, 2.75) is 26.2 Å². The number of hydrogen-bond donors (Lipinski definition) is 1. The normalized spacial score (nSPS) is 15.8. The third-order valence-corrected chi connectivity index (χ3v) is 4.77. The first kappa shape index (κ1) is 14.2. The van der Waals surface area contributed by atoms with E-state index in [1.807, 2.05) is 0 Å². The monoisotopic (exact) mass is 321 g/mol. The van der Waals surface area contributed by atoms with E-state index in [1.54, 1.807) is 19.1 Å². The van der Waals surface area contributed by atoms with Gasteiger partial charge in [0.05, 0.1) is 10.2 Å². The highest BCUT2D eigenvalue weighted by Gasteiger charge is 2.28.